The van der Waals surface area contributed by atoms with E-state index in [1.54, 1.807) is 11.8 Å². The van der Waals surface area contributed by atoms with Gasteiger partial charge in [0.05, 0.1) is 0 Å². The molecule has 3 N–H and O–H groups in total. The van der Waals surface area contributed by atoms with Gasteiger partial charge in [-0.1, -0.05) is 0 Å². The third-order valence-electron chi connectivity index (χ3n) is 1.67. The van der Waals surface area contributed by atoms with E-state index in [9.17, 15) is 4.79 Å². The Balaban J connectivity index is 1.96. The number of hydrogen-bond acceptors (Lipinski definition) is 3. The number of carboxylic acids is 1. The number of hydrogen-bond donors (Lipinski definition) is 2. The van der Waals surface area contributed by atoms with Gasteiger partial charge >= 0.3 is 5.97 Å². The molecule has 0 spiro atoms. The van der Waals surface area contributed by atoms with Crippen LogP contribution in [-0.2, 0) is 4.79 Å². The van der Waals surface area contributed by atoms with Crippen LogP contribution < -0.4 is 5.73 Å². The molecule has 0 aromatic heterocycles. The molecule has 0 aromatic carbocycles. The van der Waals surface area contributed by atoms with Crippen molar-refractivity contribution in [3.05, 3.63) is 0 Å². The van der Waals surface area contributed by atoms with E-state index < -0.39 is 12.0 Å². The van der Waals surface area contributed by atoms with E-state index in [0.717, 1.165) is 11.7 Å². The van der Waals surface area contributed by atoms with Gasteiger partial charge in [-0.15, -0.1) is 0 Å². The van der Waals surface area contributed by atoms with Crippen molar-refractivity contribution in [1.29, 1.82) is 0 Å². The Morgan fingerprint density at radius 2 is 2.36 bits per heavy atom. The monoisotopic (exact) mass is 175 g/mol. The lowest BCUT2D eigenvalue weighted by Gasteiger charge is -2.04. The third kappa shape index (κ3) is 3.62. The molecule has 4 heteroatoms. The number of carboxylic acid groups (broad SMARTS) is 1. The number of carbonyl (C=O) groups is 1. The van der Waals surface area contributed by atoms with Crippen molar-refractivity contribution < 1.29 is 9.90 Å². The first-order chi connectivity index (χ1) is 5.20. The molecule has 0 unspecified atom stereocenters. The van der Waals surface area contributed by atoms with Gasteiger partial charge < -0.3 is 10.8 Å². The second kappa shape index (κ2) is 3.97. The quantitative estimate of drug-likeness (QED) is 0.640. The first kappa shape index (κ1) is 8.87. The average Bonchev–Trinajstić information content (AvgIpc) is 2.71. The molecular formula is C7H13NO2S. The van der Waals surface area contributed by atoms with Crippen molar-refractivity contribution in [3.8, 4) is 0 Å². The van der Waals surface area contributed by atoms with E-state index in [1.807, 2.05) is 0 Å². The highest BCUT2D eigenvalue weighted by Crippen LogP contribution is 2.32. The zero-order chi connectivity index (χ0) is 8.27. The summed E-state index contributed by atoms with van der Waals surface area (Å²) in [7, 11) is 0. The number of thioether (sulfide) groups is 1. The van der Waals surface area contributed by atoms with Gasteiger partial charge in [-0.3, -0.25) is 4.79 Å². The Hall–Kier alpha value is -0.220. The molecule has 0 saturated heterocycles. The van der Waals surface area contributed by atoms with Crippen LogP contribution in [0.1, 0.15) is 12.8 Å². The maximum atomic E-state index is 10.3. The molecule has 0 radical (unpaired) electrons. The van der Waals surface area contributed by atoms with Crippen molar-refractivity contribution in [3.63, 3.8) is 0 Å². The predicted octanol–water partition coefficient (Wildman–Crippen LogP) is 0.542. The minimum Gasteiger partial charge on any atom is -0.480 e. The van der Waals surface area contributed by atoms with Gasteiger partial charge in [0.2, 0.25) is 0 Å². The molecule has 0 bridgehead atoms. The van der Waals surface area contributed by atoms with E-state index in [2.05, 4.69) is 0 Å². The lowest BCUT2D eigenvalue weighted by molar-refractivity contribution is -0.137. The highest BCUT2D eigenvalue weighted by Gasteiger charge is 2.21. The molecule has 1 aliphatic rings. The van der Waals surface area contributed by atoms with Gasteiger partial charge in [-0.05, 0) is 24.5 Å². The van der Waals surface area contributed by atoms with Crippen molar-refractivity contribution in [2.45, 2.75) is 18.9 Å². The Bertz CT molecular complexity index is 147. The molecule has 1 aliphatic carbocycles. The van der Waals surface area contributed by atoms with Crippen LogP contribution in [-0.4, -0.2) is 28.6 Å². The molecule has 0 aliphatic heterocycles. The zero-order valence-electron chi connectivity index (χ0n) is 6.32. The first-order valence-electron chi connectivity index (χ1n) is 3.76. The SMILES string of the molecule is N[C@@H](CSCC1CC1)C(=O)O. The van der Waals surface area contributed by atoms with Crippen molar-refractivity contribution >= 4 is 17.7 Å². The Morgan fingerprint density at radius 1 is 1.73 bits per heavy atom. The molecule has 11 heavy (non-hydrogen) atoms. The van der Waals surface area contributed by atoms with E-state index in [1.165, 1.54) is 12.8 Å². The van der Waals surface area contributed by atoms with Crippen LogP contribution in [0.4, 0.5) is 0 Å². The fourth-order valence-corrected chi connectivity index (χ4v) is 1.92. The van der Waals surface area contributed by atoms with Gasteiger partial charge in [0.1, 0.15) is 6.04 Å². The summed E-state index contributed by atoms with van der Waals surface area (Å²) in [5.74, 6) is 1.58. The summed E-state index contributed by atoms with van der Waals surface area (Å²) in [5, 5.41) is 8.42. The Morgan fingerprint density at radius 3 is 2.82 bits per heavy atom. The van der Waals surface area contributed by atoms with E-state index in [4.69, 9.17) is 10.8 Å². The topological polar surface area (TPSA) is 63.3 Å². The molecule has 0 amide bonds. The van der Waals surface area contributed by atoms with Gasteiger partial charge in [0.25, 0.3) is 0 Å². The molecule has 0 aromatic rings. The molecule has 1 atom stereocenters. The highest BCUT2D eigenvalue weighted by molar-refractivity contribution is 7.99. The Kier molecular flexibility index (Phi) is 3.20. The fraction of sp³-hybridized carbons (Fsp3) is 0.857. The highest BCUT2D eigenvalue weighted by atomic mass is 32.2. The second-order valence-corrected chi connectivity index (χ2v) is 4.00. The van der Waals surface area contributed by atoms with E-state index in [-0.39, 0.29) is 0 Å². The van der Waals surface area contributed by atoms with Crippen LogP contribution in [0.3, 0.4) is 0 Å². The minimum atomic E-state index is -0.895. The molecule has 3 nitrogen and oxygen atoms in total. The van der Waals surface area contributed by atoms with Crippen LogP contribution >= 0.6 is 11.8 Å². The molecule has 1 saturated carbocycles. The fourth-order valence-electron chi connectivity index (χ4n) is 0.717. The average molecular weight is 175 g/mol. The van der Waals surface area contributed by atoms with Crippen molar-refractivity contribution in [2.24, 2.45) is 11.7 Å². The minimum absolute atomic E-state index is 0.547. The van der Waals surface area contributed by atoms with Crippen molar-refractivity contribution in [1.82, 2.24) is 0 Å². The lowest BCUT2D eigenvalue weighted by atomic mass is 10.4. The van der Waals surface area contributed by atoms with E-state index >= 15 is 0 Å². The van der Waals surface area contributed by atoms with Gasteiger partial charge in [-0.2, -0.15) is 11.8 Å². The molecule has 1 fully saturated rings. The summed E-state index contributed by atoms with van der Waals surface area (Å²) in [6, 6.07) is -0.682. The number of rotatable bonds is 5. The predicted molar refractivity (Wildman–Crippen MR) is 45.7 cm³/mol. The summed E-state index contributed by atoms with van der Waals surface area (Å²) in [6.45, 7) is 0. The van der Waals surface area contributed by atoms with Gasteiger partial charge in [0, 0.05) is 5.75 Å². The van der Waals surface area contributed by atoms with Crippen LogP contribution in [0, 0.1) is 5.92 Å². The van der Waals surface area contributed by atoms with Gasteiger partial charge in [-0.25, -0.2) is 0 Å². The second-order valence-electron chi connectivity index (χ2n) is 2.93. The van der Waals surface area contributed by atoms with Crippen LogP contribution in [0.25, 0.3) is 0 Å². The summed E-state index contributed by atoms with van der Waals surface area (Å²) >= 11 is 1.65. The summed E-state index contributed by atoms with van der Waals surface area (Å²) in [4.78, 5) is 10.3. The largest absolute Gasteiger partial charge is 0.480 e. The van der Waals surface area contributed by atoms with Crippen LogP contribution in [0.2, 0.25) is 0 Å². The summed E-state index contributed by atoms with van der Waals surface area (Å²) in [5.41, 5.74) is 5.30. The van der Waals surface area contributed by atoms with Crippen LogP contribution in [0.5, 0.6) is 0 Å². The maximum absolute atomic E-state index is 10.3. The van der Waals surface area contributed by atoms with Crippen LogP contribution in [0.15, 0.2) is 0 Å². The number of aliphatic carboxylic acids is 1. The van der Waals surface area contributed by atoms with Crippen molar-refractivity contribution in [2.75, 3.05) is 11.5 Å². The van der Waals surface area contributed by atoms with E-state index in [0.29, 0.717) is 5.75 Å². The third-order valence-corrected chi connectivity index (χ3v) is 2.97. The molecule has 64 valence electrons. The smallest absolute Gasteiger partial charge is 0.321 e. The first-order valence-corrected chi connectivity index (χ1v) is 4.91. The lowest BCUT2D eigenvalue weighted by Crippen LogP contribution is -2.32. The molecular weight excluding hydrogens is 162 g/mol. The van der Waals surface area contributed by atoms with Gasteiger partial charge in [0.15, 0.2) is 0 Å². The maximum Gasteiger partial charge on any atom is 0.321 e. The number of nitrogens with two attached hydrogens (primary N) is 1. The summed E-state index contributed by atoms with van der Waals surface area (Å²) < 4.78 is 0. The normalized spacial score (nSPS) is 19.7. The zero-order valence-corrected chi connectivity index (χ0v) is 7.14. The standard InChI is InChI=1S/C7H13NO2S/c8-6(7(9)10)4-11-3-5-1-2-5/h5-6H,1-4,8H2,(H,9,10)/t6-/m0/s1. The molecule has 0 heterocycles. The Labute approximate surface area is 70.3 Å². The summed E-state index contributed by atoms with van der Waals surface area (Å²) in [6.07, 6.45) is 2.63. The molecule has 1 rings (SSSR count).